The monoisotopic (exact) mass is 244 g/mol. The number of sulfonamides is 1. The standard InChI is InChI=1S/C9H12N2O2S2/c10-15(12,13)9-5-6(14)4-8-7(9)2-1-3-11-8/h4-5,11,14H,1-3H2,(H2,10,12,13). The Morgan fingerprint density at radius 2 is 2.13 bits per heavy atom. The van der Waals surface area contributed by atoms with Gasteiger partial charge in [-0.1, -0.05) is 0 Å². The van der Waals surface area contributed by atoms with Crippen molar-refractivity contribution in [2.75, 3.05) is 11.9 Å². The van der Waals surface area contributed by atoms with Gasteiger partial charge in [-0.05, 0) is 30.5 Å². The van der Waals surface area contributed by atoms with Crippen LogP contribution in [0.4, 0.5) is 5.69 Å². The van der Waals surface area contributed by atoms with E-state index in [1.54, 1.807) is 0 Å². The topological polar surface area (TPSA) is 72.2 Å². The number of hydrogen-bond donors (Lipinski definition) is 3. The third-order valence-corrected chi connectivity index (χ3v) is 3.65. The van der Waals surface area contributed by atoms with Crippen LogP contribution in [0.25, 0.3) is 0 Å². The van der Waals surface area contributed by atoms with Crippen molar-refractivity contribution in [3.63, 3.8) is 0 Å². The lowest BCUT2D eigenvalue weighted by Gasteiger charge is -2.20. The molecule has 0 bridgehead atoms. The number of rotatable bonds is 1. The van der Waals surface area contributed by atoms with Crippen LogP contribution < -0.4 is 10.5 Å². The van der Waals surface area contributed by atoms with Crippen molar-refractivity contribution in [1.29, 1.82) is 0 Å². The van der Waals surface area contributed by atoms with Gasteiger partial charge in [-0.3, -0.25) is 0 Å². The first-order chi connectivity index (χ1) is 6.98. The molecule has 2 rings (SSSR count). The molecule has 0 saturated carbocycles. The maximum atomic E-state index is 11.4. The van der Waals surface area contributed by atoms with Crippen LogP contribution in [0.3, 0.4) is 0 Å². The summed E-state index contributed by atoms with van der Waals surface area (Å²) in [7, 11) is -3.66. The van der Waals surface area contributed by atoms with Gasteiger partial charge >= 0.3 is 0 Å². The Hall–Kier alpha value is -0.720. The average molecular weight is 244 g/mol. The molecule has 82 valence electrons. The molecule has 0 amide bonds. The zero-order valence-corrected chi connectivity index (χ0v) is 9.74. The number of nitrogens with one attached hydrogen (secondary N) is 1. The molecule has 0 aliphatic carbocycles. The van der Waals surface area contributed by atoms with Crippen molar-refractivity contribution in [3.8, 4) is 0 Å². The summed E-state index contributed by atoms with van der Waals surface area (Å²) in [4.78, 5) is 0.796. The van der Waals surface area contributed by atoms with Gasteiger partial charge in [-0.2, -0.15) is 0 Å². The SMILES string of the molecule is NS(=O)(=O)c1cc(S)cc2c1CCCN2. The molecule has 0 aromatic heterocycles. The molecule has 0 radical (unpaired) electrons. The van der Waals surface area contributed by atoms with Gasteiger partial charge in [0, 0.05) is 17.1 Å². The molecule has 1 aliphatic heterocycles. The number of nitrogens with two attached hydrogens (primary N) is 1. The quantitative estimate of drug-likeness (QED) is 0.645. The second-order valence-corrected chi connectivity index (χ2v) is 5.59. The zero-order chi connectivity index (χ0) is 11.1. The summed E-state index contributed by atoms with van der Waals surface area (Å²) >= 11 is 4.16. The molecular weight excluding hydrogens is 232 g/mol. The van der Waals surface area contributed by atoms with Crippen molar-refractivity contribution in [2.24, 2.45) is 5.14 Å². The minimum absolute atomic E-state index is 0.192. The number of hydrogen-bond acceptors (Lipinski definition) is 4. The van der Waals surface area contributed by atoms with Crippen LogP contribution >= 0.6 is 12.6 Å². The van der Waals surface area contributed by atoms with E-state index in [1.807, 2.05) is 6.07 Å². The zero-order valence-electron chi connectivity index (χ0n) is 8.03. The van der Waals surface area contributed by atoms with Gasteiger partial charge < -0.3 is 5.32 Å². The van der Waals surface area contributed by atoms with E-state index in [9.17, 15) is 8.42 Å². The van der Waals surface area contributed by atoms with Gasteiger partial charge in [0.15, 0.2) is 0 Å². The fraction of sp³-hybridized carbons (Fsp3) is 0.333. The van der Waals surface area contributed by atoms with Crippen molar-refractivity contribution in [3.05, 3.63) is 17.7 Å². The van der Waals surface area contributed by atoms with E-state index in [-0.39, 0.29) is 4.90 Å². The Morgan fingerprint density at radius 3 is 2.80 bits per heavy atom. The summed E-state index contributed by atoms with van der Waals surface area (Å²) in [5.74, 6) is 0. The first kappa shape index (κ1) is 10.8. The summed E-state index contributed by atoms with van der Waals surface area (Å²) in [6.07, 6.45) is 1.66. The molecule has 6 heteroatoms. The Bertz CT molecular complexity index is 497. The third-order valence-electron chi connectivity index (χ3n) is 2.42. The number of thiol groups is 1. The summed E-state index contributed by atoms with van der Waals surface area (Å²) in [5.41, 5.74) is 1.61. The molecule has 1 aromatic carbocycles. The summed E-state index contributed by atoms with van der Waals surface area (Å²) in [5, 5.41) is 8.31. The van der Waals surface area contributed by atoms with E-state index in [2.05, 4.69) is 17.9 Å². The molecule has 1 heterocycles. The molecule has 15 heavy (non-hydrogen) atoms. The molecule has 1 aliphatic rings. The van der Waals surface area contributed by atoms with Gasteiger partial charge in [0.1, 0.15) is 0 Å². The first-order valence-electron chi connectivity index (χ1n) is 4.61. The van der Waals surface area contributed by atoms with Gasteiger partial charge in [0.2, 0.25) is 10.0 Å². The van der Waals surface area contributed by atoms with Crippen LogP contribution in [-0.2, 0) is 16.4 Å². The van der Waals surface area contributed by atoms with Crippen LogP contribution in [0, 0.1) is 0 Å². The van der Waals surface area contributed by atoms with Gasteiger partial charge in [0.25, 0.3) is 0 Å². The molecule has 0 fully saturated rings. The van der Waals surface area contributed by atoms with Gasteiger partial charge in [0.05, 0.1) is 4.90 Å². The molecule has 4 nitrogen and oxygen atoms in total. The molecule has 0 atom stereocenters. The summed E-state index contributed by atoms with van der Waals surface area (Å²) in [6.45, 7) is 0.855. The highest BCUT2D eigenvalue weighted by Crippen LogP contribution is 2.30. The molecule has 3 N–H and O–H groups in total. The summed E-state index contributed by atoms with van der Waals surface area (Å²) in [6, 6.07) is 3.33. The second-order valence-electron chi connectivity index (χ2n) is 3.55. The lowest BCUT2D eigenvalue weighted by molar-refractivity contribution is 0.595. The average Bonchev–Trinajstić information content (AvgIpc) is 2.15. The normalized spacial score (nSPS) is 15.6. The number of benzene rings is 1. The van der Waals surface area contributed by atoms with Crippen molar-refractivity contribution >= 4 is 28.3 Å². The van der Waals surface area contributed by atoms with E-state index < -0.39 is 10.0 Å². The van der Waals surface area contributed by atoms with Crippen LogP contribution in [0.15, 0.2) is 21.9 Å². The van der Waals surface area contributed by atoms with Crippen LogP contribution in [0.5, 0.6) is 0 Å². The third kappa shape index (κ3) is 2.11. The van der Waals surface area contributed by atoms with E-state index in [0.717, 1.165) is 30.6 Å². The fourth-order valence-electron chi connectivity index (χ4n) is 1.79. The molecule has 1 aromatic rings. The molecule has 0 unspecified atom stereocenters. The van der Waals surface area contributed by atoms with E-state index in [0.29, 0.717) is 4.90 Å². The first-order valence-corrected chi connectivity index (χ1v) is 6.60. The van der Waals surface area contributed by atoms with E-state index in [4.69, 9.17) is 5.14 Å². The largest absolute Gasteiger partial charge is 0.385 e. The van der Waals surface area contributed by atoms with Crippen molar-refractivity contribution < 1.29 is 8.42 Å². The predicted octanol–water partition coefficient (Wildman–Crippen LogP) is 0.981. The van der Waals surface area contributed by atoms with E-state index >= 15 is 0 Å². The Labute approximate surface area is 94.3 Å². The lowest BCUT2D eigenvalue weighted by atomic mass is 10.0. The van der Waals surface area contributed by atoms with E-state index in [1.165, 1.54) is 6.07 Å². The van der Waals surface area contributed by atoms with Crippen molar-refractivity contribution in [2.45, 2.75) is 22.6 Å². The highest BCUT2D eigenvalue weighted by atomic mass is 32.2. The highest BCUT2D eigenvalue weighted by Gasteiger charge is 2.20. The Balaban J connectivity index is 2.68. The Kier molecular flexibility index (Phi) is 2.66. The molecular formula is C9H12N2O2S2. The summed E-state index contributed by atoms with van der Waals surface area (Å²) < 4.78 is 22.7. The van der Waals surface area contributed by atoms with Gasteiger partial charge in [-0.15, -0.1) is 12.6 Å². The fourth-order valence-corrected chi connectivity index (χ4v) is 2.98. The predicted molar refractivity (Wildman–Crippen MR) is 61.9 cm³/mol. The lowest BCUT2D eigenvalue weighted by Crippen LogP contribution is -2.19. The van der Waals surface area contributed by atoms with Crippen molar-refractivity contribution in [1.82, 2.24) is 0 Å². The smallest absolute Gasteiger partial charge is 0.238 e. The van der Waals surface area contributed by atoms with Crippen LogP contribution in [0.2, 0.25) is 0 Å². The van der Waals surface area contributed by atoms with Gasteiger partial charge in [-0.25, -0.2) is 13.6 Å². The van der Waals surface area contributed by atoms with Crippen LogP contribution in [0.1, 0.15) is 12.0 Å². The number of fused-ring (bicyclic) bond motifs is 1. The minimum Gasteiger partial charge on any atom is -0.385 e. The molecule has 0 spiro atoms. The van der Waals surface area contributed by atoms with Crippen LogP contribution in [-0.4, -0.2) is 15.0 Å². The second kappa shape index (κ2) is 3.70. The number of anilines is 1. The maximum absolute atomic E-state index is 11.4. The molecule has 0 saturated heterocycles. The Morgan fingerprint density at radius 1 is 1.40 bits per heavy atom. The minimum atomic E-state index is -3.66. The highest BCUT2D eigenvalue weighted by molar-refractivity contribution is 7.89. The maximum Gasteiger partial charge on any atom is 0.238 e. The number of primary sulfonamides is 1.